The van der Waals surface area contributed by atoms with Crippen molar-refractivity contribution in [3.63, 3.8) is 0 Å². The van der Waals surface area contributed by atoms with Gasteiger partial charge in [-0.2, -0.15) is 0 Å². The van der Waals surface area contributed by atoms with Crippen molar-refractivity contribution in [1.29, 1.82) is 0 Å². The summed E-state index contributed by atoms with van der Waals surface area (Å²) in [4.78, 5) is 6.59. The van der Waals surface area contributed by atoms with Crippen molar-refractivity contribution in [2.24, 2.45) is 5.73 Å². The second-order valence-electron chi connectivity index (χ2n) is 5.92. The summed E-state index contributed by atoms with van der Waals surface area (Å²) in [5.41, 5.74) is 6.30. The highest BCUT2D eigenvalue weighted by Gasteiger charge is 2.29. The Morgan fingerprint density at radius 1 is 1.26 bits per heavy atom. The van der Waals surface area contributed by atoms with Crippen LogP contribution in [-0.4, -0.2) is 48.6 Å². The van der Waals surface area contributed by atoms with Gasteiger partial charge in [-0.1, -0.05) is 12.5 Å². The van der Waals surface area contributed by atoms with Gasteiger partial charge in [0.25, 0.3) is 0 Å². The summed E-state index contributed by atoms with van der Waals surface area (Å²) in [6, 6.07) is 5.24. The summed E-state index contributed by atoms with van der Waals surface area (Å²) in [5, 5.41) is 2.12. The molecule has 106 valence electrons. The lowest BCUT2D eigenvalue weighted by atomic mass is 10.1. The van der Waals surface area contributed by atoms with Gasteiger partial charge in [0, 0.05) is 24.0 Å². The molecule has 4 heteroatoms. The lowest BCUT2D eigenvalue weighted by Crippen LogP contribution is -2.41. The highest BCUT2D eigenvalue weighted by Crippen LogP contribution is 2.23. The number of thiophene rings is 1. The van der Waals surface area contributed by atoms with Crippen molar-refractivity contribution in [3.8, 4) is 0 Å². The molecule has 2 unspecified atom stereocenters. The predicted octanol–water partition coefficient (Wildman–Crippen LogP) is 2.31. The fourth-order valence-electron chi connectivity index (χ4n) is 3.43. The zero-order valence-corrected chi connectivity index (χ0v) is 12.4. The van der Waals surface area contributed by atoms with Gasteiger partial charge >= 0.3 is 0 Å². The molecule has 0 radical (unpaired) electrons. The Kier molecular flexibility index (Phi) is 4.53. The Morgan fingerprint density at radius 2 is 2.11 bits per heavy atom. The minimum atomic E-state index is 0.195. The van der Waals surface area contributed by atoms with Crippen LogP contribution in [-0.2, 0) is 0 Å². The molecule has 0 saturated carbocycles. The fourth-order valence-corrected chi connectivity index (χ4v) is 4.15. The molecule has 0 amide bonds. The van der Waals surface area contributed by atoms with Crippen molar-refractivity contribution < 1.29 is 0 Å². The Hall–Kier alpha value is -0.420. The van der Waals surface area contributed by atoms with E-state index < -0.39 is 0 Å². The summed E-state index contributed by atoms with van der Waals surface area (Å²) in [7, 11) is 0. The van der Waals surface area contributed by atoms with Gasteiger partial charge < -0.3 is 5.73 Å². The molecule has 2 saturated heterocycles. The monoisotopic (exact) mass is 279 g/mol. The Bertz CT molecular complexity index is 373. The first-order chi connectivity index (χ1) is 9.33. The average Bonchev–Trinajstić information content (AvgIpc) is 3.11. The van der Waals surface area contributed by atoms with E-state index in [9.17, 15) is 0 Å². The van der Waals surface area contributed by atoms with E-state index in [2.05, 4.69) is 27.3 Å². The van der Waals surface area contributed by atoms with Crippen LogP contribution in [0.3, 0.4) is 0 Å². The van der Waals surface area contributed by atoms with Gasteiger partial charge in [0.2, 0.25) is 0 Å². The zero-order chi connectivity index (χ0) is 13.1. The molecule has 2 N–H and O–H groups in total. The zero-order valence-electron chi connectivity index (χ0n) is 11.6. The molecule has 0 aromatic carbocycles. The summed E-state index contributed by atoms with van der Waals surface area (Å²) >= 11 is 1.78. The summed E-state index contributed by atoms with van der Waals surface area (Å²) in [5.74, 6) is 0. The van der Waals surface area contributed by atoms with E-state index in [1.807, 2.05) is 0 Å². The number of likely N-dealkylation sites (tertiary alicyclic amines) is 2. The molecule has 3 heterocycles. The van der Waals surface area contributed by atoms with Crippen molar-refractivity contribution in [1.82, 2.24) is 9.80 Å². The van der Waals surface area contributed by atoms with Gasteiger partial charge in [0.05, 0.1) is 6.04 Å². The van der Waals surface area contributed by atoms with Crippen LogP contribution in [0.25, 0.3) is 0 Å². The van der Waals surface area contributed by atoms with Gasteiger partial charge in [0.1, 0.15) is 0 Å². The first-order valence-corrected chi connectivity index (χ1v) is 8.46. The number of piperidine rings is 1. The molecular formula is C15H25N3S. The first-order valence-electron chi connectivity index (χ1n) is 7.58. The predicted molar refractivity (Wildman–Crippen MR) is 81.5 cm³/mol. The first kappa shape index (κ1) is 13.6. The summed E-state index contributed by atoms with van der Waals surface area (Å²) in [6.07, 6.45) is 5.55. The van der Waals surface area contributed by atoms with Crippen molar-refractivity contribution in [2.75, 3.05) is 32.7 Å². The fraction of sp³-hybridized carbons (Fsp3) is 0.733. The SMILES string of the molecule is NC(CN1CCC(N2CCCCC2)C1)c1cccs1. The van der Waals surface area contributed by atoms with Crippen molar-refractivity contribution in [3.05, 3.63) is 22.4 Å². The normalized spacial score (nSPS) is 27.7. The third-order valence-electron chi connectivity index (χ3n) is 4.52. The van der Waals surface area contributed by atoms with Gasteiger partial charge in [0.15, 0.2) is 0 Å². The van der Waals surface area contributed by atoms with Crippen LogP contribution in [0.4, 0.5) is 0 Å². The maximum absolute atomic E-state index is 6.30. The third-order valence-corrected chi connectivity index (χ3v) is 5.52. The topological polar surface area (TPSA) is 32.5 Å². The number of nitrogens with zero attached hydrogens (tertiary/aromatic N) is 2. The van der Waals surface area contributed by atoms with Crippen molar-refractivity contribution in [2.45, 2.75) is 37.8 Å². The van der Waals surface area contributed by atoms with Crippen LogP contribution < -0.4 is 5.73 Å². The van der Waals surface area contributed by atoms with Crippen LogP contribution in [0.5, 0.6) is 0 Å². The molecule has 2 atom stereocenters. The van der Waals surface area contributed by atoms with Crippen molar-refractivity contribution >= 4 is 11.3 Å². The largest absolute Gasteiger partial charge is 0.322 e. The average molecular weight is 279 g/mol. The highest BCUT2D eigenvalue weighted by atomic mass is 32.1. The second kappa shape index (κ2) is 6.35. The van der Waals surface area contributed by atoms with Gasteiger partial charge in [-0.25, -0.2) is 0 Å². The highest BCUT2D eigenvalue weighted by molar-refractivity contribution is 7.10. The van der Waals surface area contributed by atoms with Crippen LogP contribution in [0.15, 0.2) is 17.5 Å². The molecule has 0 bridgehead atoms. The number of hydrogen-bond donors (Lipinski definition) is 1. The van der Waals surface area contributed by atoms with E-state index in [1.165, 1.54) is 56.7 Å². The molecule has 0 aliphatic carbocycles. The molecule has 2 aliphatic rings. The third kappa shape index (κ3) is 3.37. The minimum Gasteiger partial charge on any atom is -0.322 e. The van der Waals surface area contributed by atoms with Gasteiger partial charge in [-0.05, 0) is 50.3 Å². The van der Waals surface area contributed by atoms with E-state index in [1.54, 1.807) is 11.3 Å². The Balaban J connectivity index is 1.48. The van der Waals surface area contributed by atoms with Crippen LogP contribution in [0, 0.1) is 0 Å². The van der Waals surface area contributed by atoms with Crippen LogP contribution in [0.1, 0.15) is 36.6 Å². The van der Waals surface area contributed by atoms with E-state index in [0.29, 0.717) is 0 Å². The maximum Gasteiger partial charge on any atom is 0.0519 e. The van der Waals surface area contributed by atoms with E-state index in [4.69, 9.17) is 5.73 Å². The Labute approximate surface area is 120 Å². The maximum atomic E-state index is 6.30. The van der Waals surface area contributed by atoms with Crippen LogP contribution in [0.2, 0.25) is 0 Å². The Morgan fingerprint density at radius 3 is 2.84 bits per heavy atom. The minimum absolute atomic E-state index is 0.195. The lowest BCUT2D eigenvalue weighted by Gasteiger charge is -2.32. The number of nitrogens with two attached hydrogens (primary N) is 1. The molecule has 1 aromatic rings. The molecule has 3 rings (SSSR count). The van der Waals surface area contributed by atoms with E-state index in [-0.39, 0.29) is 6.04 Å². The van der Waals surface area contributed by atoms with E-state index >= 15 is 0 Å². The standard InChI is InChI=1S/C15H25N3S/c16-14(15-5-4-10-19-15)12-17-9-6-13(11-17)18-7-2-1-3-8-18/h4-5,10,13-14H,1-3,6-9,11-12,16H2. The summed E-state index contributed by atoms with van der Waals surface area (Å²) in [6.45, 7) is 6.09. The van der Waals surface area contributed by atoms with Crippen LogP contribution >= 0.6 is 11.3 Å². The molecule has 1 aromatic heterocycles. The lowest BCUT2D eigenvalue weighted by molar-refractivity contribution is 0.161. The molecule has 0 spiro atoms. The number of hydrogen-bond acceptors (Lipinski definition) is 4. The van der Waals surface area contributed by atoms with Gasteiger partial charge in [-0.15, -0.1) is 11.3 Å². The second-order valence-corrected chi connectivity index (χ2v) is 6.90. The summed E-state index contributed by atoms with van der Waals surface area (Å²) < 4.78 is 0. The molecule has 2 fully saturated rings. The quantitative estimate of drug-likeness (QED) is 0.918. The smallest absolute Gasteiger partial charge is 0.0519 e. The van der Waals surface area contributed by atoms with Gasteiger partial charge in [-0.3, -0.25) is 9.80 Å². The molecule has 19 heavy (non-hydrogen) atoms. The molecular weight excluding hydrogens is 254 g/mol. The molecule has 3 nitrogen and oxygen atoms in total. The van der Waals surface area contributed by atoms with E-state index in [0.717, 1.165) is 12.6 Å². The number of rotatable bonds is 4. The molecule has 2 aliphatic heterocycles.